The first-order chi connectivity index (χ1) is 19.5. The second kappa shape index (κ2) is 14.8. The molecule has 0 saturated carbocycles. The zero-order valence-electron chi connectivity index (χ0n) is 22.5. The van der Waals surface area contributed by atoms with Crippen LogP contribution >= 0.6 is 0 Å². The van der Waals surface area contributed by atoms with Crippen LogP contribution in [0.25, 0.3) is 6.08 Å². The summed E-state index contributed by atoms with van der Waals surface area (Å²) in [5.41, 5.74) is 1.49. The average Bonchev–Trinajstić information content (AvgIpc) is 2.92. The van der Waals surface area contributed by atoms with E-state index in [1.807, 2.05) is 38.1 Å². The molecule has 0 aliphatic carbocycles. The van der Waals surface area contributed by atoms with Crippen LogP contribution in [0.5, 0.6) is 17.2 Å². The van der Waals surface area contributed by atoms with E-state index in [-0.39, 0.29) is 30.5 Å². The molecule has 3 rings (SSSR count). The van der Waals surface area contributed by atoms with E-state index < -0.39 is 23.9 Å². The Morgan fingerprint density at radius 2 is 1.51 bits per heavy atom. The molecule has 2 amide bonds. The summed E-state index contributed by atoms with van der Waals surface area (Å²) in [6, 6.07) is 18.9. The molecule has 0 spiro atoms. The van der Waals surface area contributed by atoms with Crippen molar-refractivity contribution in [3.63, 3.8) is 0 Å². The van der Waals surface area contributed by atoms with Crippen molar-refractivity contribution in [3.8, 4) is 17.2 Å². The zero-order chi connectivity index (χ0) is 29.8. The number of carbonyl (C=O) groups excluding carboxylic acids is 2. The molecule has 0 saturated heterocycles. The molecule has 0 heterocycles. The Morgan fingerprint density at radius 1 is 0.902 bits per heavy atom. The molecule has 0 fully saturated rings. The number of nitrogens with one attached hydrogen (secondary N) is 2. The van der Waals surface area contributed by atoms with E-state index in [1.54, 1.807) is 12.1 Å². The normalized spacial score (nSPS) is 11.6. The van der Waals surface area contributed by atoms with Gasteiger partial charge in [-0.05, 0) is 79.6 Å². The summed E-state index contributed by atoms with van der Waals surface area (Å²) in [7, 11) is 0. The highest BCUT2D eigenvalue weighted by Gasteiger charge is 2.31. The second-order valence-electron chi connectivity index (χ2n) is 9.04. The maximum atomic E-state index is 12.9. The van der Waals surface area contributed by atoms with Gasteiger partial charge >= 0.3 is 6.36 Å². The minimum Gasteiger partial charge on any atom is -0.493 e. The quantitative estimate of drug-likeness (QED) is 0.253. The van der Waals surface area contributed by atoms with Crippen LogP contribution in [0.1, 0.15) is 35.3 Å². The first-order valence-corrected chi connectivity index (χ1v) is 12.8. The molecule has 3 N–H and O–H groups in total. The van der Waals surface area contributed by atoms with Crippen molar-refractivity contribution < 1.29 is 42.1 Å². The molecule has 11 heteroatoms. The van der Waals surface area contributed by atoms with Crippen LogP contribution in [0, 0.1) is 0 Å². The van der Waals surface area contributed by atoms with E-state index in [4.69, 9.17) is 14.6 Å². The third kappa shape index (κ3) is 10.9. The average molecular weight is 573 g/mol. The van der Waals surface area contributed by atoms with Gasteiger partial charge in [0.15, 0.2) is 0 Å². The number of amides is 2. The fraction of sp³-hybridized carbons (Fsp3) is 0.267. The smallest absolute Gasteiger partial charge is 0.493 e. The summed E-state index contributed by atoms with van der Waals surface area (Å²) in [5, 5.41) is 14.0. The van der Waals surface area contributed by atoms with Crippen LogP contribution in [-0.4, -0.2) is 49.1 Å². The molecule has 8 nitrogen and oxygen atoms in total. The van der Waals surface area contributed by atoms with Gasteiger partial charge in [0.25, 0.3) is 11.8 Å². The lowest BCUT2D eigenvalue weighted by atomic mass is 10.1. The van der Waals surface area contributed by atoms with Crippen molar-refractivity contribution in [2.24, 2.45) is 0 Å². The summed E-state index contributed by atoms with van der Waals surface area (Å²) in [4.78, 5) is 25.4. The molecule has 3 aromatic carbocycles. The lowest BCUT2D eigenvalue weighted by Crippen LogP contribution is -2.36. The van der Waals surface area contributed by atoms with E-state index in [1.165, 1.54) is 30.3 Å². The molecule has 0 radical (unpaired) electrons. The third-order valence-corrected chi connectivity index (χ3v) is 5.39. The number of hydrogen-bond acceptors (Lipinski definition) is 6. The van der Waals surface area contributed by atoms with Gasteiger partial charge in [0.1, 0.15) is 22.9 Å². The van der Waals surface area contributed by atoms with E-state index in [2.05, 4.69) is 15.4 Å². The highest BCUT2D eigenvalue weighted by Crippen LogP contribution is 2.23. The Hall–Kier alpha value is -4.51. The Morgan fingerprint density at radius 3 is 2.10 bits per heavy atom. The topological polar surface area (TPSA) is 106 Å². The molecule has 0 aliphatic heterocycles. The number of alkyl halides is 3. The van der Waals surface area contributed by atoms with E-state index >= 15 is 0 Å². The van der Waals surface area contributed by atoms with Crippen LogP contribution in [0.3, 0.4) is 0 Å². The highest BCUT2D eigenvalue weighted by molar-refractivity contribution is 6.05. The summed E-state index contributed by atoms with van der Waals surface area (Å²) in [5.74, 6) is -0.356. The van der Waals surface area contributed by atoms with Crippen LogP contribution in [0.15, 0.2) is 78.5 Å². The monoisotopic (exact) mass is 572 g/mol. The van der Waals surface area contributed by atoms with Gasteiger partial charge in [-0.15, -0.1) is 13.2 Å². The van der Waals surface area contributed by atoms with Gasteiger partial charge in [0.2, 0.25) is 0 Å². The fourth-order valence-electron chi connectivity index (χ4n) is 3.55. The standard InChI is InChI=1S/C30H31F3N2O6/c1-20(2)40-25-9-3-21(4-10-25)15-18-39-24-13-7-23(8-14-24)28(37)35-27(29(38)34-16-17-36)19-22-5-11-26(12-6-22)41-30(31,32)33/h3-14,19-20,36H,15-18H2,1-2H3,(H,34,38)(H,35,37)/b27-19+. The van der Waals surface area contributed by atoms with E-state index in [9.17, 15) is 22.8 Å². The van der Waals surface area contributed by atoms with Crippen LogP contribution in [0.2, 0.25) is 0 Å². The van der Waals surface area contributed by atoms with Gasteiger partial charge in [0.05, 0.1) is 19.3 Å². The van der Waals surface area contributed by atoms with E-state index in [0.29, 0.717) is 24.3 Å². The minimum absolute atomic E-state index is 0.0632. The van der Waals surface area contributed by atoms with Crippen molar-refractivity contribution in [1.29, 1.82) is 0 Å². The van der Waals surface area contributed by atoms with Crippen molar-refractivity contribution >= 4 is 17.9 Å². The molecule has 41 heavy (non-hydrogen) atoms. The van der Waals surface area contributed by atoms with E-state index in [0.717, 1.165) is 23.4 Å². The lowest BCUT2D eigenvalue weighted by molar-refractivity contribution is -0.274. The van der Waals surface area contributed by atoms with Gasteiger partial charge in [-0.2, -0.15) is 0 Å². The van der Waals surface area contributed by atoms with Gasteiger partial charge in [-0.25, -0.2) is 0 Å². The first-order valence-electron chi connectivity index (χ1n) is 12.8. The van der Waals surface area contributed by atoms with Crippen molar-refractivity contribution in [1.82, 2.24) is 10.6 Å². The maximum absolute atomic E-state index is 12.9. The van der Waals surface area contributed by atoms with Crippen molar-refractivity contribution in [2.75, 3.05) is 19.8 Å². The third-order valence-electron chi connectivity index (χ3n) is 5.39. The van der Waals surface area contributed by atoms with Crippen molar-refractivity contribution in [2.45, 2.75) is 32.7 Å². The minimum atomic E-state index is -4.84. The number of aliphatic hydroxyl groups excluding tert-OH is 1. The Bertz CT molecular complexity index is 1310. The number of aliphatic hydroxyl groups is 1. The Kier molecular flexibility index (Phi) is 11.2. The van der Waals surface area contributed by atoms with Crippen LogP contribution in [0.4, 0.5) is 13.2 Å². The van der Waals surface area contributed by atoms with Gasteiger partial charge in [-0.3, -0.25) is 9.59 Å². The highest BCUT2D eigenvalue weighted by atomic mass is 19.4. The summed E-state index contributed by atoms with van der Waals surface area (Å²) in [6.07, 6.45) is -2.77. The molecule has 0 bridgehead atoms. The number of halogens is 3. The summed E-state index contributed by atoms with van der Waals surface area (Å²) < 4.78 is 52.5. The summed E-state index contributed by atoms with van der Waals surface area (Å²) >= 11 is 0. The van der Waals surface area contributed by atoms with Gasteiger partial charge in [-0.1, -0.05) is 24.3 Å². The number of benzene rings is 3. The van der Waals surface area contributed by atoms with Crippen LogP contribution in [-0.2, 0) is 11.2 Å². The fourth-order valence-corrected chi connectivity index (χ4v) is 3.55. The molecular formula is C30H31F3N2O6. The number of rotatable bonds is 13. The predicted molar refractivity (Wildman–Crippen MR) is 147 cm³/mol. The largest absolute Gasteiger partial charge is 0.573 e. The number of ether oxygens (including phenoxy) is 3. The SMILES string of the molecule is CC(C)Oc1ccc(CCOc2ccc(C(=O)N/C(=C/c3ccc(OC(F)(F)F)cc3)C(=O)NCCO)cc2)cc1. The summed E-state index contributed by atoms with van der Waals surface area (Å²) in [6.45, 7) is 3.96. The number of hydrogen-bond donors (Lipinski definition) is 3. The second-order valence-corrected chi connectivity index (χ2v) is 9.04. The molecule has 0 aromatic heterocycles. The number of carbonyl (C=O) groups is 2. The van der Waals surface area contributed by atoms with Gasteiger partial charge < -0.3 is 30.0 Å². The van der Waals surface area contributed by atoms with Gasteiger partial charge in [0, 0.05) is 18.5 Å². The predicted octanol–water partition coefficient (Wildman–Crippen LogP) is 4.87. The molecule has 3 aromatic rings. The molecule has 218 valence electrons. The molecule has 0 aliphatic rings. The molecule has 0 atom stereocenters. The Balaban J connectivity index is 1.61. The Labute approximate surface area is 235 Å². The van der Waals surface area contributed by atoms with Crippen molar-refractivity contribution in [3.05, 3.63) is 95.2 Å². The molecule has 0 unspecified atom stereocenters. The first kappa shape index (κ1) is 31.0. The van der Waals surface area contributed by atoms with Crippen LogP contribution < -0.4 is 24.8 Å². The molecular weight excluding hydrogens is 541 g/mol. The lowest BCUT2D eigenvalue weighted by Gasteiger charge is -2.12. The maximum Gasteiger partial charge on any atom is 0.573 e. The zero-order valence-corrected chi connectivity index (χ0v) is 22.5.